The molecule has 1 aromatic carbocycles. The van der Waals surface area contributed by atoms with Gasteiger partial charge >= 0.3 is 0 Å². The third-order valence-electron chi connectivity index (χ3n) is 4.22. The van der Waals surface area contributed by atoms with Crippen molar-refractivity contribution in [3.05, 3.63) is 28.2 Å². The quantitative estimate of drug-likeness (QED) is 0.852. The summed E-state index contributed by atoms with van der Waals surface area (Å²) in [6.45, 7) is 1.20. The van der Waals surface area contributed by atoms with Crippen LogP contribution < -0.4 is 11.1 Å². The van der Waals surface area contributed by atoms with Gasteiger partial charge in [-0.2, -0.15) is 0 Å². The van der Waals surface area contributed by atoms with E-state index in [0.29, 0.717) is 12.5 Å². The van der Waals surface area contributed by atoms with Crippen LogP contribution in [0.1, 0.15) is 31.2 Å². The van der Waals surface area contributed by atoms with Crippen LogP contribution in [0.4, 0.5) is 5.69 Å². The highest BCUT2D eigenvalue weighted by Crippen LogP contribution is 2.30. The Bertz CT molecular complexity index is 485. The number of ether oxygens (including phenoxy) is 1. The molecule has 3 N–H and O–H groups in total. The van der Waals surface area contributed by atoms with Crippen molar-refractivity contribution < 1.29 is 9.53 Å². The number of hydrogen-bond donors (Lipinski definition) is 2. The van der Waals surface area contributed by atoms with E-state index in [9.17, 15) is 4.79 Å². The van der Waals surface area contributed by atoms with Crippen LogP contribution in [0.3, 0.4) is 0 Å². The van der Waals surface area contributed by atoms with Crippen LogP contribution in [0.2, 0.25) is 0 Å². The second-order valence-electron chi connectivity index (χ2n) is 5.64. The smallest absolute Gasteiger partial charge is 0.227 e. The molecule has 0 aliphatic heterocycles. The molecule has 0 atom stereocenters. The maximum Gasteiger partial charge on any atom is 0.227 e. The highest BCUT2D eigenvalue weighted by atomic mass is 79.9. The van der Waals surface area contributed by atoms with E-state index >= 15 is 0 Å². The van der Waals surface area contributed by atoms with Gasteiger partial charge in [-0.25, -0.2) is 0 Å². The lowest BCUT2D eigenvalue weighted by Gasteiger charge is -2.27. The SMILES string of the molecule is COCc1c(Br)cccc1NC(=O)C1CCC(CN)CC1. The average molecular weight is 355 g/mol. The van der Waals surface area contributed by atoms with E-state index in [1.807, 2.05) is 18.2 Å². The largest absolute Gasteiger partial charge is 0.380 e. The van der Waals surface area contributed by atoms with Gasteiger partial charge in [0.25, 0.3) is 0 Å². The Labute approximate surface area is 134 Å². The molecule has 21 heavy (non-hydrogen) atoms. The zero-order valence-corrected chi connectivity index (χ0v) is 14.0. The van der Waals surface area contributed by atoms with Gasteiger partial charge in [-0.1, -0.05) is 22.0 Å². The Morgan fingerprint density at radius 3 is 2.71 bits per heavy atom. The highest BCUT2D eigenvalue weighted by molar-refractivity contribution is 9.10. The van der Waals surface area contributed by atoms with Crippen LogP contribution in [0.15, 0.2) is 22.7 Å². The number of carbonyl (C=O) groups excluding carboxylic acids is 1. The highest BCUT2D eigenvalue weighted by Gasteiger charge is 2.26. The molecule has 1 saturated carbocycles. The number of anilines is 1. The summed E-state index contributed by atoms with van der Waals surface area (Å²) >= 11 is 3.51. The summed E-state index contributed by atoms with van der Waals surface area (Å²) in [7, 11) is 1.65. The van der Waals surface area contributed by atoms with Gasteiger partial charge in [0.05, 0.1) is 6.61 Å². The number of rotatable bonds is 5. The van der Waals surface area contributed by atoms with Crippen LogP contribution in [0.5, 0.6) is 0 Å². The predicted molar refractivity (Wildman–Crippen MR) is 88.0 cm³/mol. The van der Waals surface area contributed by atoms with E-state index in [2.05, 4.69) is 21.2 Å². The number of carbonyl (C=O) groups is 1. The second-order valence-corrected chi connectivity index (χ2v) is 6.50. The molecule has 0 heterocycles. The van der Waals surface area contributed by atoms with Crippen LogP contribution in [-0.2, 0) is 16.1 Å². The molecule has 1 amide bonds. The van der Waals surface area contributed by atoms with Gasteiger partial charge in [0.15, 0.2) is 0 Å². The van der Waals surface area contributed by atoms with E-state index < -0.39 is 0 Å². The molecule has 5 heteroatoms. The fourth-order valence-corrected chi connectivity index (χ4v) is 3.34. The minimum absolute atomic E-state index is 0.0992. The van der Waals surface area contributed by atoms with Crippen molar-refractivity contribution in [2.24, 2.45) is 17.6 Å². The third kappa shape index (κ3) is 4.28. The molecule has 116 valence electrons. The maximum atomic E-state index is 12.4. The van der Waals surface area contributed by atoms with Gasteiger partial charge in [0, 0.05) is 28.8 Å². The Balaban J connectivity index is 2.01. The Kier molecular flexibility index (Phi) is 6.21. The van der Waals surface area contributed by atoms with Gasteiger partial charge in [0.2, 0.25) is 5.91 Å². The summed E-state index contributed by atoms with van der Waals surface area (Å²) in [5, 5.41) is 3.06. The summed E-state index contributed by atoms with van der Waals surface area (Å²) < 4.78 is 6.16. The molecule has 0 aromatic heterocycles. The van der Waals surface area contributed by atoms with Crippen LogP contribution in [-0.4, -0.2) is 19.6 Å². The van der Waals surface area contributed by atoms with Gasteiger partial charge < -0.3 is 15.8 Å². The third-order valence-corrected chi connectivity index (χ3v) is 4.96. The molecule has 0 unspecified atom stereocenters. The number of nitrogens with two attached hydrogens (primary N) is 1. The standard InChI is InChI=1S/C16H23BrN2O2/c1-21-10-13-14(17)3-2-4-15(13)19-16(20)12-7-5-11(9-18)6-8-12/h2-4,11-12H,5-10,18H2,1H3,(H,19,20). The number of nitrogens with one attached hydrogen (secondary N) is 1. The number of methoxy groups -OCH3 is 1. The zero-order chi connectivity index (χ0) is 15.2. The summed E-state index contributed by atoms with van der Waals surface area (Å²) in [6, 6.07) is 5.79. The summed E-state index contributed by atoms with van der Waals surface area (Å²) in [4.78, 5) is 12.4. The maximum absolute atomic E-state index is 12.4. The topological polar surface area (TPSA) is 64.3 Å². The second kappa shape index (κ2) is 7.92. The van der Waals surface area contributed by atoms with Gasteiger partial charge in [-0.05, 0) is 50.3 Å². The first kappa shape index (κ1) is 16.5. The van der Waals surface area contributed by atoms with E-state index in [1.165, 1.54) is 0 Å². The van der Waals surface area contributed by atoms with Gasteiger partial charge in [-0.3, -0.25) is 4.79 Å². The van der Waals surface area contributed by atoms with Crippen LogP contribution in [0, 0.1) is 11.8 Å². The molecule has 0 spiro atoms. The minimum Gasteiger partial charge on any atom is -0.380 e. The molecule has 0 saturated heterocycles. The van der Waals surface area contributed by atoms with E-state index in [4.69, 9.17) is 10.5 Å². The van der Waals surface area contributed by atoms with Gasteiger partial charge in [-0.15, -0.1) is 0 Å². The normalized spacial score (nSPS) is 22.0. The first-order valence-corrected chi connectivity index (χ1v) is 8.22. The number of amides is 1. The Hall–Kier alpha value is -0.910. The molecule has 4 nitrogen and oxygen atoms in total. The van der Waals surface area contributed by atoms with E-state index in [0.717, 1.165) is 48.0 Å². The van der Waals surface area contributed by atoms with Crippen LogP contribution >= 0.6 is 15.9 Å². The summed E-state index contributed by atoms with van der Waals surface area (Å²) in [5.41, 5.74) is 7.51. The first-order chi connectivity index (χ1) is 10.2. The molecular formula is C16H23BrN2O2. The minimum atomic E-state index is 0.0992. The lowest BCUT2D eigenvalue weighted by atomic mass is 9.81. The lowest BCUT2D eigenvalue weighted by Crippen LogP contribution is -2.29. The van der Waals surface area contributed by atoms with Crippen molar-refractivity contribution in [2.45, 2.75) is 32.3 Å². The predicted octanol–water partition coefficient (Wildman–Crippen LogP) is 3.30. The molecule has 0 radical (unpaired) electrons. The van der Waals surface area contributed by atoms with Crippen molar-refractivity contribution in [2.75, 3.05) is 19.0 Å². The molecule has 0 bridgehead atoms. The van der Waals surface area contributed by atoms with Crippen molar-refractivity contribution in [3.63, 3.8) is 0 Å². The van der Waals surface area contributed by atoms with Crippen molar-refractivity contribution in [1.29, 1.82) is 0 Å². The Morgan fingerprint density at radius 1 is 1.38 bits per heavy atom. The zero-order valence-electron chi connectivity index (χ0n) is 12.4. The van der Waals surface area contributed by atoms with E-state index in [-0.39, 0.29) is 11.8 Å². The van der Waals surface area contributed by atoms with Gasteiger partial charge in [0.1, 0.15) is 0 Å². The molecule has 2 rings (SSSR count). The first-order valence-electron chi connectivity index (χ1n) is 7.43. The number of benzene rings is 1. The molecule has 1 aliphatic rings. The summed E-state index contributed by atoms with van der Waals surface area (Å²) in [5.74, 6) is 0.798. The number of halogens is 1. The molecule has 1 aromatic rings. The fourth-order valence-electron chi connectivity index (χ4n) is 2.86. The lowest BCUT2D eigenvalue weighted by molar-refractivity contribution is -0.121. The average Bonchev–Trinajstić information content (AvgIpc) is 2.51. The molecule has 1 aliphatic carbocycles. The van der Waals surface area contributed by atoms with E-state index in [1.54, 1.807) is 7.11 Å². The molecule has 1 fully saturated rings. The fraction of sp³-hybridized carbons (Fsp3) is 0.562. The molecular weight excluding hydrogens is 332 g/mol. The van der Waals surface area contributed by atoms with Crippen LogP contribution in [0.25, 0.3) is 0 Å². The number of hydrogen-bond acceptors (Lipinski definition) is 3. The van der Waals surface area contributed by atoms with Crippen molar-refractivity contribution >= 4 is 27.5 Å². The van der Waals surface area contributed by atoms with Crippen molar-refractivity contribution in [1.82, 2.24) is 0 Å². The Morgan fingerprint density at radius 2 is 2.10 bits per heavy atom. The van der Waals surface area contributed by atoms with Crippen molar-refractivity contribution in [3.8, 4) is 0 Å². The summed E-state index contributed by atoms with van der Waals surface area (Å²) in [6.07, 6.45) is 3.97. The monoisotopic (exact) mass is 354 g/mol.